The zero-order valence-corrected chi connectivity index (χ0v) is 14.0. The molecule has 0 N–H and O–H groups in total. The van der Waals surface area contributed by atoms with Crippen LogP contribution in [0.2, 0.25) is 0 Å². The highest BCUT2D eigenvalue weighted by Crippen LogP contribution is 2.24. The van der Waals surface area contributed by atoms with E-state index in [-0.39, 0.29) is 11.9 Å². The second-order valence-electron chi connectivity index (χ2n) is 6.39. The topological polar surface area (TPSA) is 51.0 Å². The van der Waals surface area contributed by atoms with E-state index in [0.29, 0.717) is 19.5 Å². The number of hydrogen-bond donors (Lipinski definition) is 0. The molecule has 0 bridgehead atoms. The van der Waals surface area contributed by atoms with Crippen LogP contribution in [0.5, 0.6) is 0 Å². The fourth-order valence-electron chi connectivity index (χ4n) is 3.08. The molecule has 2 aromatic carbocycles. The van der Waals surface area contributed by atoms with Gasteiger partial charge in [-0.05, 0) is 12.0 Å². The zero-order valence-electron chi connectivity index (χ0n) is 14.0. The van der Waals surface area contributed by atoms with Crippen molar-refractivity contribution in [2.45, 2.75) is 18.9 Å². The first-order chi connectivity index (χ1) is 12.3. The van der Waals surface area contributed by atoms with Crippen molar-refractivity contribution < 1.29 is 4.79 Å². The van der Waals surface area contributed by atoms with Crippen LogP contribution in [-0.4, -0.2) is 38.9 Å². The van der Waals surface area contributed by atoms with E-state index >= 15 is 0 Å². The number of hydrogen-bond acceptors (Lipinski definition) is 3. The number of aryl methyl sites for hydroxylation is 1. The summed E-state index contributed by atoms with van der Waals surface area (Å²) < 4.78 is 1.88. The van der Waals surface area contributed by atoms with Crippen LogP contribution in [0.1, 0.15) is 18.0 Å². The molecule has 0 atom stereocenters. The summed E-state index contributed by atoms with van der Waals surface area (Å²) in [5.41, 5.74) is 3.13. The number of nitrogens with zero attached hydrogens (tertiary/aromatic N) is 4. The van der Waals surface area contributed by atoms with Crippen LogP contribution in [0.3, 0.4) is 0 Å². The summed E-state index contributed by atoms with van der Waals surface area (Å²) in [5.74, 6) is 0.212. The lowest BCUT2D eigenvalue weighted by molar-refractivity contribution is -0.137. The largest absolute Gasteiger partial charge is 0.338 e. The van der Waals surface area contributed by atoms with Gasteiger partial charge >= 0.3 is 0 Å². The summed E-state index contributed by atoms with van der Waals surface area (Å²) in [7, 11) is 0. The van der Waals surface area contributed by atoms with Crippen molar-refractivity contribution in [2.24, 2.45) is 0 Å². The maximum atomic E-state index is 12.3. The SMILES string of the molecule is O=C(CCc1ccccc1)N1CC(n2cc(-c3ccccc3)nn2)C1. The molecule has 4 rings (SSSR count). The lowest BCUT2D eigenvalue weighted by Crippen LogP contribution is -2.50. The Bertz CT molecular complexity index is 838. The van der Waals surface area contributed by atoms with Crippen LogP contribution in [0.15, 0.2) is 66.9 Å². The van der Waals surface area contributed by atoms with Gasteiger partial charge in [-0.2, -0.15) is 0 Å². The maximum Gasteiger partial charge on any atom is 0.223 e. The van der Waals surface area contributed by atoms with E-state index < -0.39 is 0 Å². The summed E-state index contributed by atoms with van der Waals surface area (Å²) in [6.45, 7) is 1.43. The Morgan fingerprint density at radius 1 is 1.00 bits per heavy atom. The number of aromatic nitrogens is 3. The summed E-state index contributed by atoms with van der Waals surface area (Å²) in [6.07, 6.45) is 3.32. The molecule has 0 spiro atoms. The molecule has 0 saturated carbocycles. The zero-order chi connectivity index (χ0) is 17.1. The quantitative estimate of drug-likeness (QED) is 0.722. The van der Waals surface area contributed by atoms with Crippen LogP contribution in [0.4, 0.5) is 0 Å². The normalized spacial score (nSPS) is 14.3. The van der Waals surface area contributed by atoms with E-state index in [2.05, 4.69) is 22.4 Å². The molecule has 0 unspecified atom stereocenters. The second kappa shape index (κ2) is 6.89. The van der Waals surface area contributed by atoms with E-state index in [0.717, 1.165) is 17.7 Å². The molecule has 126 valence electrons. The van der Waals surface area contributed by atoms with Gasteiger partial charge in [0.25, 0.3) is 0 Å². The second-order valence-corrected chi connectivity index (χ2v) is 6.39. The van der Waals surface area contributed by atoms with Crippen molar-refractivity contribution in [3.05, 3.63) is 72.4 Å². The first-order valence-corrected chi connectivity index (χ1v) is 8.58. The minimum absolute atomic E-state index is 0.212. The molecular weight excluding hydrogens is 312 g/mol. The predicted octanol–water partition coefficient (Wildman–Crippen LogP) is 2.96. The van der Waals surface area contributed by atoms with Crippen molar-refractivity contribution in [3.8, 4) is 11.3 Å². The number of carbonyl (C=O) groups excluding carboxylic acids is 1. The van der Waals surface area contributed by atoms with Gasteiger partial charge in [-0.1, -0.05) is 65.9 Å². The predicted molar refractivity (Wildman–Crippen MR) is 95.8 cm³/mol. The number of carbonyl (C=O) groups is 1. The Morgan fingerprint density at radius 2 is 1.68 bits per heavy atom. The number of rotatable bonds is 5. The van der Waals surface area contributed by atoms with Gasteiger partial charge in [0.2, 0.25) is 5.91 Å². The third kappa shape index (κ3) is 3.45. The van der Waals surface area contributed by atoms with Crippen molar-refractivity contribution in [3.63, 3.8) is 0 Å². The molecular formula is C20H20N4O. The van der Waals surface area contributed by atoms with Crippen LogP contribution in [0, 0.1) is 0 Å². The summed E-state index contributed by atoms with van der Waals surface area (Å²) >= 11 is 0. The van der Waals surface area contributed by atoms with Crippen molar-refractivity contribution in [1.82, 2.24) is 19.9 Å². The van der Waals surface area contributed by atoms with Crippen molar-refractivity contribution in [1.29, 1.82) is 0 Å². The Morgan fingerprint density at radius 3 is 2.40 bits per heavy atom. The fraction of sp³-hybridized carbons (Fsp3) is 0.250. The van der Waals surface area contributed by atoms with Crippen LogP contribution in [0.25, 0.3) is 11.3 Å². The van der Waals surface area contributed by atoms with Gasteiger partial charge in [0.1, 0.15) is 5.69 Å². The molecule has 1 amide bonds. The molecule has 0 aliphatic carbocycles. The van der Waals surface area contributed by atoms with E-state index in [9.17, 15) is 4.79 Å². The molecule has 2 heterocycles. The average molecular weight is 332 g/mol. The van der Waals surface area contributed by atoms with Gasteiger partial charge in [-0.3, -0.25) is 4.79 Å². The highest BCUT2D eigenvalue weighted by Gasteiger charge is 2.32. The Hall–Kier alpha value is -2.95. The minimum Gasteiger partial charge on any atom is -0.338 e. The fourth-order valence-corrected chi connectivity index (χ4v) is 3.08. The summed E-state index contributed by atoms with van der Waals surface area (Å²) in [6, 6.07) is 20.4. The molecule has 1 saturated heterocycles. The Labute approximate surface area is 146 Å². The molecule has 3 aromatic rings. The third-order valence-electron chi connectivity index (χ3n) is 4.64. The van der Waals surface area contributed by atoms with Crippen LogP contribution in [-0.2, 0) is 11.2 Å². The van der Waals surface area contributed by atoms with Crippen molar-refractivity contribution >= 4 is 5.91 Å². The van der Waals surface area contributed by atoms with E-state index in [4.69, 9.17) is 0 Å². The molecule has 1 aliphatic rings. The van der Waals surface area contributed by atoms with Gasteiger partial charge < -0.3 is 4.90 Å². The van der Waals surface area contributed by atoms with E-state index in [1.807, 2.05) is 64.3 Å². The number of benzene rings is 2. The lowest BCUT2D eigenvalue weighted by atomic mass is 10.1. The molecule has 5 nitrogen and oxygen atoms in total. The van der Waals surface area contributed by atoms with Crippen molar-refractivity contribution in [2.75, 3.05) is 13.1 Å². The first kappa shape index (κ1) is 15.6. The Balaban J connectivity index is 1.30. The number of amides is 1. The first-order valence-electron chi connectivity index (χ1n) is 8.58. The summed E-state index contributed by atoms with van der Waals surface area (Å²) in [4.78, 5) is 14.2. The Kier molecular flexibility index (Phi) is 4.29. The minimum atomic E-state index is 0.212. The van der Waals surface area contributed by atoms with Gasteiger partial charge in [0.05, 0.1) is 12.2 Å². The van der Waals surface area contributed by atoms with Gasteiger partial charge in [0.15, 0.2) is 0 Å². The maximum absolute atomic E-state index is 12.3. The van der Waals surface area contributed by atoms with E-state index in [1.54, 1.807) is 0 Å². The van der Waals surface area contributed by atoms with Gasteiger partial charge in [-0.25, -0.2) is 4.68 Å². The monoisotopic (exact) mass is 332 g/mol. The molecule has 0 radical (unpaired) electrons. The van der Waals surface area contributed by atoms with Crippen LogP contribution < -0.4 is 0 Å². The standard InChI is InChI=1S/C20H20N4O/c25-20(12-11-16-7-3-1-4-8-16)23-13-18(14-23)24-15-19(21-22-24)17-9-5-2-6-10-17/h1-10,15,18H,11-14H2. The molecule has 1 aliphatic heterocycles. The van der Waals surface area contributed by atoms with E-state index in [1.165, 1.54) is 5.56 Å². The highest BCUT2D eigenvalue weighted by molar-refractivity contribution is 5.77. The van der Waals surface area contributed by atoms with Crippen LogP contribution >= 0.6 is 0 Å². The molecule has 1 aromatic heterocycles. The lowest BCUT2D eigenvalue weighted by Gasteiger charge is -2.39. The van der Waals surface area contributed by atoms with Gasteiger partial charge in [-0.15, -0.1) is 5.10 Å². The molecule has 1 fully saturated rings. The third-order valence-corrected chi connectivity index (χ3v) is 4.64. The van der Waals surface area contributed by atoms with Gasteiger partial charge in [0, 0.05) is 25.1 Å². The smallest absolute Gasteiger partial charge is 0.223 e. The summed E-state index contributed by atoms with van der Waals surface area (Å²) in [5, 5.41) is 8.48. The number of likely N-dealkylation sites (tertiary alicyclic amines) is 1. The average Bonchev–Trinajstić information content (AvgIpc) is 3.10. The molecule has 5 heteroatoms. The molecule has 25 heavy (non-hydrogen) atoms. The highest BCUT2D eigenvalue weighted by atomic mass is 16.2.